The summed E-state index contributed by atoms with van der Waals surface area (Å²) in [5, 5.41) is 26.2. The van der Waals surface area contributed by atoms with Crippen LogP contribution in [0.5, 0.6) is 0 Å². The number of rotatable bonds is 7. The monoisotopic (exact) mass is 347 g/mol. The third-order valence-electron chi connectivity index (χ3n) is 4.65. The highest BCUT2D eigenvalue weighted by atomic mass is 16.6. The second-order valence-corrected chi connectivity index (χ2v) is 6.52. The third-order valence-corrected chi connectivity index (χ3v) is 4.65. The van der Waals surface area contributed by atoms with E-state index in [0.29, 0.717) is 29.6 Å². The first kappa shape index (κ1) is 17.9. The zero-order chi connectivity index (χ0) is 17.8. The van der Waals surface area contributed by atoms with Gasteiger partial charge in [-0.15, -0.1) is 0 Å². The van der Waals surface area contributed by atoms with E-state index in [1.165, 1.54) is 0 Å². The van der Waals surface area contributed by atoms with Gasteiger partial charge in [0.05, 0.1) is 17.9 Å². The van der Waals surface area contributed by atoms with Gasteiger partial charge in [0.15, 0.2) is 0 Å². The lowest BCUT2D eigenvalue weighted by atomic mass is 10.1. The van der Waals surface area contributed by atoms with Crippen molar-refractivity contribution >= 4 is 17.3 Å². The highest BCUT2D eigenvalue weighted by Gasteiger charge is 2.21. The van der Waals surface area contributed by atoms with Crippen LogP contribution in [0.3, 0.4) is 0 Å². The van der Waals surface area contributed by atoms with Gasteiger partial charge in [-0.25, -0.2) is 0 Å². The Morgan fingerprint density at radius 2 is 1.92 bits per heavy atom. The van der Waals surface area contributed by atoms with Crippen molar-refractivity contribution < 1.29 is 4.74 Å². The molecular formula is C17H25N5O3-2. The Morgan fingerprint density at radius 1 is 1.20 bits per heavy atom. The molecule has 0 saturated heterocycles. The molecule has 2 aliphatic rings. The molecule has 1 aliphatic carbocycles. The summed E-state index contributed by atoms with van der Waals surface area (Å²) >= 11 is 0. The first-order chi connectivity index (χ1) is 12.1. The number of aliphatic imine (C=N–C) groups is 1. The van der Waals surface area contributed by atoms with Gasteiger partial charge in [-0.05, 0) is 56.0 Å². The van der Waals surface area contributed by atoms with Crippen LogP contribution in [0.4, 0.5) is 11.4 Å². The van der Waals surface area contributed by atoms with Gasteiger partial charge >= 0.3 is 0 Å². The topological polar surface area (TPSA) is 89.5 Å². The zero-order valence-corrected chi connectivity index (χ0v) is 14.8. The van der Waals surface area contributed by atoms with Gasteiger partial charge < -0.3 is 30.3 Å². The van der Waals surface area contributed by atoms with Gasteiger partial charge in [0, 0.05) is 26.8 Å². The maximum absolute atomic E-state index is 12.6. The van der Waals surface area contributed by atoms with Crippen LogP contribution in [0.15, 0.2) is 17.1 Å². The van der Waals surface area contributed by atoms with Crippen molar-refractivity contribution in [3.63, 3.8) is 0 Å². The number of ether oxygens (including phenoxy) is 1. The van der Waals surface area contributed by atoms with Crippen LogP contribution in [0, 0.1) is 10.4 Å². The van der Waals surface area contributed by atoms with Crippen LogP contribution < -0.4 is 15.7 Å². The van der Waals surface area contributed by atoms with Crippen LogP contribution in [0.1, 0.15) is 24.0 Å². The normalized spacial score (nSPS) is 17.9. The van der Waals surface area contributed by atoms with Crippen molar-refractivity contribution in [1.29, 1.82) is 0 Å². The second kappa shape index (κ2) is 8.01. The van der Waals surface area contributed by atoms with Gasteiger partial charge in [-0.3, -0.25) is 10.4 Å². The van der Waals surface area contributed by atoms with E-state index in [1.807, 2.05) is 19.2 Å². The fraction of sp³-hybridized carbons (Fsp3) is 0.588. The number of guanidine groups is 1. The van der Waals surface area contributed by atoms with Crippen LogP contribution in [0.2, 0.25) is 0 Å². The molecule has 8 nitrogen and oxygen atoms in total. The largest absolute Gasteiger partial charge is 0.752 e. The van der Waals surface area contributed by atoms with E-state index < -0.39 is 0 Å². The molecule has 0 unspecified atom stereocenters. The number of likely N-dealkylation sites (N-methyl/N-ethyl adjacent to an activating group) is 1. The molecule has 0 saturated carbocycles. The molecule has 1 heterocycles. The summed E-state index contributed by atoms with van der Waals surface area (Å²) in [5.74, 6) is 0.0470. The molecule has 0 bridgehead atoms. The van der Waals surface area contributed by atoms with E-state index >= 15 is 0 Å². The average molecular weight is 347 g/mol. The molecule has 0 fully saturated rings. The smallest absolute Gasteiger partial charge is 0.206 e. The van der Waals surface area contributed by atoms with Crippen LogP contribution >= 0.6 is 0 Å². The summed E-state index contributed by atoms with van der Waals surface area (Å²) in [7, 11) is 3.68. The number of nitrogens with zero attached hydrogens (tertiary/aromatic N) is 4. The Labute approximate surface area is 148 Å². The van der Waals surface area contributed by atoms with Gasteiger partial charge in [0.2, 0.25) is 5.96 Å². The molecular weight excluding hydrogens is 322 g/mol. The molecule has 1 N–H and O–H groups in total. The van der Waals surface area contributed by atoms with Crippen molar-refractivity contribution in [2.75, 3.05) is 50.6 Å². The molecule has 0 radical (unpaired) electrons. The van der Waals surface area contributed by atoms with Crippen molar-refractivity contribution in [3.05, 3.63) is 33.7 Å². The van der Waals surface area contributed by atoms with E-state index in [-0.39, 0.29) is 5.96 Å². The minimum Gasteiger partial charge on any atom is -0.752 e. The summed E-state index contributed by atoms with van der Waals surface area (Å²) in [6.45, 7) is 2.77. The maximum atomic E-state index is 12.6. The fourth-order valence-electron chi connectivity index (χ4n) is 3.25. The van der Waals surface area contributed by atoms with Crippen LogP contribution in [-0.4, -0.2) is 51.3 Å². The molecule has 25 heavy (non-hydrogen) atoms. The molecule has 138 valence electrons. The van der Waals surface area contributed by atoms with Crippen molar-refractivity contribution in [1.82, 2.24) is 10.3 Å². The van der Waals surface area contributed by atoms with Crippen molar-refractivity contribution in [2.24, 2.45) is 4.99 Å². The lowest BCUT2D eigenvalue weighted by Gasteiger charge is -2.46. The minimum absolute atomic E-state index is 0.0470. The number of hydroxylamine groups is 1. The number of hydrogen-bond donors (Lipinski definition) is 1. The standard InChI is InChI=1S/C17H25N5O3/c1-20(8-4-10-25-2)9-7-18-17-19-22(24)16-12-14-6-3-5-13(14)11-15(16)21(17)23/h11-12H,3-10H2,1-2H3,(H,18,19)/q-2. The Hall–Kier alpha value is -1.87. The quantitative estimate of drug-likeness (QED) is 0.750. The van der Waals surface area contributed by atoms with Crippen LogP contribution in [-0.2, 0) is 17.6 Å². The van der Waals surface area contributed by atoms with Crippen LogP contribution in [0.25, 0.3) is 0 Å². The number of nitrogens with one attached hydrogen (secondary N) is 1. The second-order valence-electron chi connectivity index (χ2n) is 6.52. The fourth-order valence-corrected chi connectivity index (χ4v) is 3.25. The summed E-state index contributed by atoms with van der Waals surface area (Å²) in [4.78, 5) is 6.40. The summed E-state index contributed by atoms with van der Waals surface area (Å²) in [5.41, 5.74) is 5.61. The van der Waals surface area contributed by atoms with Gasteiger partial charge in [0.25, 0.3) is 0 Å². The molecule has 3 rings (SSSR count). The number of methoxy groups -OCH3 is 1. The Kier molecular flexibility index (Phi) is 5.74. The highest BCUT2D eigenvalue weighted by molar-refractivity contribution is 6.04. The summed E-state index contributed by atoms with van der Waals surface area (Å²) < 4.78 is 5.03. The van der Waals surface area contributed by atoms with E-state index in [2.05, 4.69) is 15.3 Å². The number of benzene rings is 1. The van der Waals surface area contributed by atoms with E-state index in [9.17, 15) is 10.4 Å². The van der Waals surface area contributed by atoms with Crippen molar-refractivity contribution in [2.45, 2.75) is 25.7 Å². The van der Waals surface area contributed by atoms with Crippen molar-refractivity contribution in [3.8, 4) is 0 Å². The number of anilines is 2. The SMILES string of the molecule is COCCCN(C)CCN=C1NN([O-])c2cc3c(cc2N1[O-])CCC3. The number of fused-ring (bicyclic) bond motifs is 2. The summed E-state index contributed by atoms with van der Waals surface area (Å²) in [6, 6.07) is 3.66. The molecule has 0 amide bonds. The number of aryl methyl sites for hydroxylation is 2. The lowest BCUT2D eigenvalue weighted by Crippen LogP contribution is -2.51. The van der Waals surface area contributed by atoms with E-state index in [1.54, 1.807) is 7.11 Å². The minimum atomic E-state index is 0.0470. The number of hydrogen-bond acceptors (Lipinski definition) is 6. The summed E-state index contributed by atoms with van der Waals surface area (Å²) in [6.07, 6.45) is 3.94. The molecule has 1 aromatic rings. The molecule has 1 aliphatic heterocycles. The third kappa shape index (κ3) is 4.04. The maximum Gasteiger partial charge on any atom is 0.206 e. The Balaban J connectivity index is 1.64. The van der Waals surface area contributed by atoms with Gasteiger partial charge in [-0.1, -0.05) is 0 Å². The predicted octanol–water partition coefficient (Wildman–Crippen LogP) is 1.63. The average Bonchev–Trinajstić information content (AvgIpc) is 3.05. The molecule has 0 atom stereocenters. The molecule has 1 aromatic carbocycles. The zero-order valence-electron chi connectivity index (χ0n) is 14.8. The highest BCUT2D eigenvalue weighted by Crippen LogP contribution is 2.37. The van der Waals surface area contributed by atoms with Gasteiger partial charge in [0.1, 0.15) is 0 Å². The Morgan fingerprint density at radius 3 is 2.64 bits per heavy atom. The van der Waals surface area contributed by atoms with E-state index in [0.717, 1.165) is 55.0 Å². The first-order valence-corrected chi connectivity index (χ1v) is 8.69. The first-order valence-electron chi connectivity index (χ1n) is 8.69. The predicted molar refractivity (Wildman–Crippen MR) is 99.6 cm³/mol. The lowest BCUT2D eigenvalue weighted by molar-refractivity contribution is 0.180. The molecule has 0 aromatic heterocycles. The Bertz CT molecular complexity index is 637. The number of hydrazine groups is 1. The molecule has 0 spiro atoms. The van der Waals surface area contributed by atoms with Gasteiger partial charge in [-0.2, -0.15) is 0 Å². The molecule has 8 heteroatoms. The van der Waals surface area contributed by atoms with E-state index in [4.69, 9.17) is 4.74 Å².